The summed E-state index contributed by atoms with van der Waals surface area (Å²) in [6, 6.07) is 7.94. The second-order valence-corrected chi connectivity index (χ2v) is 11.3. The van der Waals surface area contributed by atoms with Crippen molar-refractivity contribution in [3.05, 3.63) is 77.1 Å². The van der Waals surface area contributed by atoms with Crippen LogP contribution in [0.4, 0.5) is 0 Å². The highest BCUT2D eigenvalue weighted by molar-refractivity contribution is 5.91. The molecule has 17 nitrogen and oxygen atoms in total. The highest BCUT2D eigenvalue weighted by Gasteiger charge is 2.47. The van der Waals surface area contributed by atoms with Crippen molar-refractivity contribution < 1.29 is 83.7 Å². The standard InChI is InChI=1S/C34H38O17/c1-46-32(45)21-15-49-33(19(8-10-35)20(21)14-28(41)47-11-9-18-3-6-23(37)25(39)13-18)51-34-31(44)30(43)29(42)26(50-34)16-48-27(40)7-4-17-2-5-22(36)24(38)12-17/h2-8,12-13,15,20,26,29-31,33-39,42-44H,9-11,14,16H2,1H3/b7-4+,19-8-/t20-,26+,29+,30-,31+,33-,34-/m0/s1. The molecule has 2 aromatic carbocycles. The Morgan fingerprint density at radius 2 is 1.59 bits per heavy atom. The number of ether oxygens (including phenoxy) is 6. The minimum absolute atomic E-state index is 0.0191. The van der Waals surface area contributed by atoms with Gasteiger partial charge in [0.05, 0.1) is 38.6 Å². The Balaban J connectivity index is 1.43. The Morgan fingerprint density at radius 3 is 2.25 bits per heavy atom. The summed E-state index contributed by atoms with van der Waals surface area (Å²) < 4.78 is 32.2. The molecule has 0 unspecified atom stereocenters. The van der Waals surface area contributed by atoms with E-state index in [9.17, 15) is 55.2 Å². The number of phenols is 4. The number of aliphatic hydroxyl groups excluding tert-OH is 4. The van der Waals surface area contributed by atoms with E-state index < -0.39 is 86.2 Å². The highest BCUT2D eigenvalue weighted by Crippen LogP contribution is 2.36. The zero-order valence-corrected chi connectivity index (χ0v) is 27.1. The van der Waals surface area contributed by atoms with Gasteiger partial charge in [-0.1, -0.05) is 18.2 Å². The molecule has 0 amide bonds. The van der Waals surface area contributed by atoms with E-state index in [1.165, 1.54) is 48.6 Å². The van der Waals surface area contributed by atoms with Gasteiger partial charge >= 0.3 is 17.9 Å². The van der Waals surface area contributed by atoms with Crippen LogP contribution in [0.3, 0.4) is 0 Å². The molecule has 0 radical (unpaired) electrons. The van der Waals surface area contributed by atoms with Crippen LogP contribution in [0, 0.1) is 5.92 Å². The lowest BCUT2D eigenvalue weighted by molar-refractivity contribution is -0.328. The van der Waals surface area contributed by atoms with Crippen LogP contribution in [0.15, 0.2) is 66.0 Å². The number of aliphatic hydroxyl groups is 4. The zero-order valence-electron chi connectivity index (χ0n) is 27.1. The van der Waals surface area contributed by atoms with E-state index in [0.717, 1.165) is 19.4 Å². The summed E-state index contributed by atoms with van der Waals surface area (Å²) in [7, 11) is 1.10. The summed E-state index contributed by atoms with van der Waals surface area (Å²) in [4.78, 5) is 37.9. The maximum absolute atomic E-state index is 12.9. The predicted molar refractivity (Wildman–Crippen MR) is 170 cm³/mol. The van der Waals surface area contributed by atoms with Gasteiger partial charge < -0.3 is 69.3 Å². The van der Waals surface area contributed by atoms with E-state index in [1.54, 1.807) is 0 Å². The van der Waals surface area contributed by atoms with E-state index in [4.69, 9.17) is 28.4 Å². The molecule has 7 atom stereocenters. The SMILES string of the molecule is COC(=O)C1=CO[C@@H](O[C@@H]2O[C@H](COC(=O)/C=C/c3ccc(O)c(O)c3)[C@@H](O)[C@H](O)[C@H]2O)/C(=C\CO)[C@@H]1CC(=O)OCCc1ccc(O)c(O)c1. The molecule has 0 saturated carbocycles. The molecule has 8 N–H and O–H groups in total. The number of rotatable bonds is 13. The lowest BCUT2D eigenvalue weighted by Crippen LogP contribution is -2.60. The van der Waals surface area contributed by atoms with Gasteiger partial charge in [-0.2, -0.15) is 0 Å². The first kappa shape index (κ1) is 38.6. The maximum Gasteiger partial charge on any atom is 0.337 e. The van der Waals surface area contributed by atoms with E-state index in [2.05, 4.69) is 0 Å². The largest absolute Gasteiger partial charge is 0.504 e. The average Bonchev–Trinajstić information content (AvgIpc) is 3.10. The topological polar surface area (TPSA) is 268 Å². The molecule has 0 aliphatic carbocycles. The maximum atomic E-state index is 12.9. The van der Waals surface area contributed by atoms with Crippen LogP contribution in [0.25, 0.3) is 6.08 Å². The van der Waals surface area contributed by atoms with Crippen molar-refractivity contribution in [2.24, 2.45) is 5.92 Å². The number of esters is 3. The summed E-state index contributed by atoms with van der Waals surface area (Å²) in [5, 5.41) is 79.7. The Bertz CT molecular complexity index is 1650. The van der Waals surface area contributed by atoms with Gasteiger partial charge in [-0.05, 0) is 41.5 Å². The minimum atomic E-state index is -1.87. The highest BCUT2D eigenvalue weighted by atomic mass is 16.8. The molecule has 2 aliphatic rings. The molecule has 0 aromatic heterocycles. The van der Waals surface area contributed by atoms with E-state index in [-0.39, 0.29) is 41.4 Å². The van der Waals surface area contributed by atoms with Gasteiger partial charge in [0.15, 0.2) is 29.3 Å². The van der Waals surface area contributed by atoms with E-state index in [1.807, 2.05) is 0 Å². The van der Waals surface area contributed by atoms with Gasteiger partial charge in [-0.15, -0.1) is 0 Å². The Hall–Kier alpha value is -5.17. The summed E-state index contributed by atoms with van der Waals surface area (Å²) >= 11 is 0. The summed E-state index contributed by atoms with van der Waals surface area (Å²) in [6.45, 7) is -1.37. The lowest BCUT2D eigenvalue weighted by Gasteiger charge is -2.42. The van der Waals surface area contributed by atoms with Crippen molar-refractivity contribution in [1.82, 2.24) is 0 Å². The van der Waals surface area contributed by atoms with Crippen molar-refractivity contribution in [2.75, 3.05) is 26.9 Å². The van der Waals surface area contributed by atoms with Crippen LogP contribution in [0.1, 0.15) is 17.5 Å². The van der Waals surface area contributed by atoms with Crippen molar-refractivity contribution in [2.45, 2.75) is 49.8 Å². The van der Waals surface area contributed by atoms with Gasteiger partial charge in [-0.25, -0.2) is 9.59 Å². The fourth-order valence-corrected chi connectivity index (χ4v) is 5.17. The van der Waals surface area contributed by atoms with Gasteiger partial charge in [0.25, 0.3) is 0 Å². The fourth-order valence-electron chi connectivity index (χ4n) is 5.17. The van der Waals surface area contributed by atoms with Gasteiger partial charge in [-0.3, -0.25) is 4.79 Å². The van der Waals surface area contributed by atoms with E-state index >= 15 is 0 Å². The van der Waals surface area contributed by atoms with Crippen LogP contribution in [-0.2, 0) is 49.2 Å². The predicted octanol–water partition coefficient (Wildman–Crippen LogP) is 0.0137. The fraction of sp³-hybridized carbons (Fsp3) is 0.382. The first-order chi connectivity index (χ1) is 24.3. The minimum Gasteiger partial charge on any atom is -0.504 e. The molecule has 1 saturated heterocycles. The van der Waals surface area contributed by atoms with Crippen molar-refractivity contribution >= 4 is 24.0 Å². The lowest BCUT2D eigenvalue weighted by atomic mass is 9.86. The van der Waals surface area contributed by atoms with Crippen molar-refractivity contribution in [3.63, 3.8) is 0 Å². The summed E-state index contributed by atoms with van der Waals surface area (Å²) in [5.41, 5.74) is 0.796. The third-order valence-corrected chi connectivity index (χ3v) is 7.91. The number of hydrogen-bond donors (Lipinski definition) is 8. The Kier molecular flexibility index (Phi) is 13.4. The molecule has 51 heavy (non-hydrogen) atoms. The van der Waals surface area contributed by atoms with Crippen molar-refractivity contribution in [3.8, 4) is 23.0 Å². The second kappa shape index (κ2) is 17.7. The first-order valence-electron chi connectivity index (χ1n) is 15.5. The molecule has 2 aliphatic heterocycles. The van der Waals surface area contributed by atoms with Crippen molar-refractivity contribution in [1.29, 1.82) is 0 Å². The Morgan fingerprint density at radius 1 is 0.882 bits per heavy atom. The molecule has 1 fully saturated rings. The van der Waals surface area contributed by atoms with Gasteiger partial charge in [0.2, 0.25) is 6.29 Å². The number of methoxy groups -OCH3 is 1. The summed E-state index contributed by atoms with van der Waals surface area (Å²) in [6.07, 6.45) is -6.04. The van der Waals surface area contributed by atoms with Gasteiger partial charge in [0, 0.05) is 24.0 Å². The average molecular weight is 719 g/mol. The molecule has 17 heteroatoms. The van der Waals surface area contributed by atoms with Gasteiger partial charge in [0.1, 0.15) is 31.0 Å². The molecule has 2 aromatic rings. The third kappa shape index (κ3) is 9.97. The quantitative estimate of drug-likeness (QED) is 0.0446. The number of carbonyl (C=O) groups excluding carboxylic acids is 3. The van der Waals surface area contributed by atoms with Crippen LogP contribution in [0.2, 0.25) is 0 Å². The molecule has 276 valence electrons. The normalized spacial score (nSPS) is 25.5. The van der Waals surface area contributed by atoms with Crippen LogP contribution >= 0.6 is 0 Å². The molecule has 0 bridgehead atoms. The second-order valence-electron chi connectivity index (χ2n) is 11.3. The molecule has 4 rings (SSSR count). The monoisotopic (exact) mass is 718 g/mol. The number of hydrogen-bond acceptors (Lipinski definition) is 17. The zero-order chi connectivity index (χ0) is 37.2. The number of phenolic OH excluding ortho intramolecular Hbond substituents is 4. The van der Waals surface area contributed by atoms with Crippen LogP contribution in [0.5, 0.6) is 23.0 Å². The molecular formula is C34H38O17. The smallest absolute Gasteiger partial charge is 0.337 e. The van der Waals surface area contributed by atoms with Crippen LogP contribution in [-0.4, -0.2) is 123 Å². The summed E-state index contributed by atoms with van der Waals surface area (Å²) in [5.74, 6) is -5.12. The molecule has 0 spiro atoms. The Labute approximate surface area is 290 Å². The molecular weight excluding hydrogens is 680 g/mol. The number of benzene rings is 2. The van der Waals surface area contributed by atoms with Crippen LogP contribution < -0.4 is 0 Å². The van der Waals surface area contributed by atoms with E-state index in [0.29, 0.717) is 11.1 Å². The first-order valence-corrected chi connectivity index (χ1v) is 15.5. The molecule has 2 heterocycles. The number of aromatic hydroxyl groups is 4. The third-order valence-electron chi connectivity index (χ3n) is 7.91. The number of carbonyl (C=O) groups is 3.